The van der Waals surface area contributed by atoms with Crippen molar-refractivity contribution < 1.29 is 24.8 Å². The summed E-state index contributed by atoms with van der Waals surface area (Å²) in [5.74, 6) is 0. The van der Waals surface area contributed by atoms with E-state index in [0.29, 0.717) is 33.0 Å². The van der Waals surface area contributed by atoms with Crippen molar-refractivity contribution in [2.45, 2.75) is 19.4 Å². The molecular formula is C10H25NO5. The van der Waals surface area contributed by atoms with Crippen LogP contribution in [0, 0.1) is 0 Å². The fourth-order valence-corrected chi connectivity index (χ4v) is 0.451. The Morgan fingerprint density at radius 2 is 1.25 bits per heavy atom. The van der Waals surface area contributed by atoms with E-state index in [1.165, 1.54) is 0 Å². The van der Waals surface area contributed by atoms with E-state index in [9.17, 15) is 0 Å². The first-order chi connectivity index (χ1) is 7.47. The number of rotatable bonds is 8. The van der Waals surface area contributed by atoms with Gasteiger partial charge in [-0.2, -0.15) is 0 Å². The molecule has 0 atom stereocenters. The van der Waals surface area contributed by atoms with Crippen LogP contribution in [0.15, 0.2) is 0 Å². The second-order valence-electron chi connectivity index (χ2n) is 3.69. The number of aliphatic hydroxyl groups is 3. The summed E-state index contributed by atoms with van der Waals surface area (Å²) in [6.45, 7) is 5.40. The lowest BCUT2D eigenvalue weighted by Crippen LogP contribution is -2.29. The third kappa shape index (κ3) is 23.5. The van der Waals surface area contributed by atoms with Crippen LogP contribution in [-0.2, 0) is 9.47 Å². The van der Waals surface area contributed by atoms with Crippen molar-refractivity contribution in [2.24, 2.45) is 5.73 Å². The van der Waals surface area contributed by atoms with Gasteiger partial charge in [-0.1, -0.05) is 0 Å². The smallest absolute Gasteiger partial charge is 0.0713 e. The van der Waals surface area contributed by atoms with Crippen molar-refractivity contribution in [1.29, 1.82) is 0 Å². The maximum absolute atomic E-state index is 8.70. The summed E-state index contributed by atoms with van der Waals surface area (Å²) in [7, 11) is 0. The van der Waals surface area contributed by atoms with Crippen molar-refractivity contribution in [3.8, 4) is 0 Å². The van der Waals surface area contributed by atoms with Crippen LogP contribution < -0.4 is 5.73 Å². The second kappa shape index (κ2) is 12.8. The van der Waals surface area contributed by atoms with E-state index in [0.717, 1.165) is 0 Å². The number of hydrogen-bond donors (Lipinski definition) is 4. The van der Waals surface area contributed by atoms with Gasteiger partial charge in [-0.15, -0.1) is 0 Å². The normalized spacial score (nSPS) is 10.9. The Kier molecular flexibility index (Phi) is 14.5. The minimum absolute atomic E-state index is 0.0417. The molecule has 0 saturated carbocycles. The molecule has 0 amide bonds. The summed E-state index contributed by atoms with van der Waals surface area (Å²) in [5, 5.41) is 25.2. The molecule has 0 aliphatic rings. The van der Waals surface area contributed by atoms with Crippen LogP contribution >= 0.6 is 0 Å². The number of nitrogens with two attached hydrogens (primary N) is 1. The minimum Gasteiger partial charge on any atom is -0.394 e. The van der Waals surface area contributed by atoms with E-state index in [2.05, 4.69) is 0 Å². The molecule has 0 unspecified atom stereocenters. The molecule has 0 heterocycles. The van der Waals surface area contributed by atoms with E-state index < -0.39 is 5.60 Å². The molecule has 0 aromatic rings. The van der Waals surface area contributed by atoms with Gasteiger partial charge in [0.15, 0.2) is 0 Å². The maximum atomic E-state index is 8.70. The molecule has 0 aromatic heterocycles. The molecule has 0 spiro atoms. The fraction of sp³-hybridized carbons (Fsp3) is 1.00. The van der Waals surface area contributed by atoms with Gasteiger partial charge in [-0.05, 0) is 13.8 Å². The average molecular weight is 239 g/mol. The zero-order valence-electron chi connectivity index (χ0n) is 10.2. The highest BCUT2D eigenvalue weighted by atomic mass is 16.5. The number of aliphatic hydroxyl groups excluding tert-OH is 2. The van der Waals surface area contributed by atoms with Gasteiger partial charge in [0.2, 0.25) is 0 Å². The molecule has 5 N–H and O–H groups in total. The van der Waals surface area contributed by atoms with Gasteiger partial charge in [0.05, 0.1) is 45.2 Å². The van der Waals surface area contributed by atoms with Crippen molar-refractivity contribution in [3.05, 3.63) is 0 Å². The van der Waals surface area contributed by atoms with Crippen molar-refractivity contribution >= 4 is 0 Å². The first-order valence-electron chi connectivity index (χ1n) is 5.27. The van der Waals surface area contributed by atoms with Crippen LogP contribution in [0.5, 0.6) is 0 Å². The highest BCUT2D eigenvalue weighted by Gasteiger charge is 2.06. The molecule has 0 fully saturated rings. The second-order valence-corrected chi connectivity index (χ2v) is 3.69. The number of hydrogen-bond acceptors (Lipinski definition) is 6. The van der Waals surface area contributed by atoms with Crippen LogP contribution in [0.1, 0.15) is 13.8 Å². The Labute approximate surface area is 97.0 Å². The third-order valence-corrected chi connectivity index (χ3v) is 1.34. The highest BCUT2D eigenvalue weighted by molar-refractivity contribution is 4.63. The van der Waals surface area contributed by atoms with Crippen LogP contribution in [-0.4, -0.2) is 67.1 Å². The van der Waals surface area contributed by atoms with Gasteiger partial charge in [0.25, 0.3) is 0 Å². The van der Waals surface area contributed by atoms with Gasteiger partial charge in [0.1, 0.15) is 0 Å². The predicted molar refractivity (Wildman–Crippen MR) is 61.2 cm³/mol. The van der Waals surface area contributed by atoms with E-state index in [1.807, 2.05) is 0 Å². The van der Waals surface area contributed by atoms with Gasteiger partial charge in [-0.3, -0.25) is 0 Å². The Hall–Kier alpha value is -0.240. The molecule has 0 aromatic carbocycles. The van der Waals surface area contributed by atoms with E-state index >= 15 is 0 Å². The standard InChI is InChI=1S/C6H14O4.C4H11NO/c7-1-3-9-5-6-10-4-2-8;1-4(2,6)3-5/h7-8H,1-6H2;6H,3,5H2,1-2H3. The molecule has 16 heavy (non-hydrogen) atoms. The molecular weight excluding hydrogens is 214 g/mol. The number of ether oxygens (including phenoxy) is 2. The monoisotopic (exact) mass is 239 g/mol. The van der Waals surface area contributed by atoms with Crippen molar-refractivity contribution in [3.63, 3.8) is 0 Å². The van der Waals surface area contributed by atoms with Crippen LogP contribution in [0.2, 0.25) is 0 Å². The quantitative estimate of drug-likeness (QED) is 0.393. The molecule has 0 saturated heterocycles. The van der Waals surface area contributed by atoms with Gasteiger partial charge >= 0.3 is 0 Å². The summed E-state index contributed by atoms with van der Waals surface area (Å²) >= 11 is 0. The molecule has 6 heteroatoms. The summed E-state index contributed by atoms with van der Waals surface area (Å²) in [4.78, 5) is 0. The largest absolute Gasteiger partial charge is 0.394 e. The van der Waals surface area contributed by atoms with Gasteiger partial charge in [-0.25, -0.2) is 0 Å². The zero-order chi connectivity index (χ0) is 12.9. The molecule has 0 rings (SSSR count). The minimum atomic E-state index is -0.681. The highest BCUT2D eigenvalue weighted by Crippen LogP contribution is 1.93. The van der Waals surface area contributed by atoms with Crippen LogP contribution in [0.4, 0.5) is 0 Å². The van der Waals surface area contributed by atoms with Crippen molar-refractivity contribution in [2.75, 3.05) is 46.2 Å². The Bertz CT molecular complexity index is 119. The maximum Gasteiger partial charge on any atom is 0.0713 e. The van der Waals surface area contributed by atoms with Crippen LogP contribution in [0.25, 0.3) is 0 Å². The molecule has 100 valence electrons. The lowest BCUT2D eigenvalue weighted by molar-refractivity contribution is 0.0222. The lowest BCUT2D eigenvalue weighted by atomic mass is 10.1. The summed E-state index contributed by atoms with van der Waals surface area (Å²) < 4.78 is 9.75. The van der Waals surface area contributed by atoms with Gasteiger partial charge < -0.3 is 30.5 Å². The molecule has 0 radical (unpaired) electrons. The Morgan fingerprint density at radius 1 is 0.938 bits per heavy atom. The zero-order valence-corrected chi connectivity index (χ0v) is 10.2. The Balaban J connectivity index is 0. The SMILES string of the molecule is CC(C)(O)CN.OCCOCCOCCO. The topological polar surface area (TPSA) is 105 Å². The third-order valence-electron chi connectivity index (χ3n) is 1.34. The summed E-state index contributed by atoms with van der Waals surface area (Å²) in [5.41, 5.74) is 4.38. The van der Waals surface area contributed by atoms with E-state index in [4.69, 9.17) is 30.5 Å². The van der Waals surface area contributed by atoms with Gasteiger partial charge in [0, 0.05) is 6.54 Å². The first kappa shape index (κ1) is 18.1. The fourth-order valence-electron chi connectivity index (χ4n) is 0.451. The average Bonchev–Trinajstić information content (AvgIpc) is 2.23. The molecule has 6 nitrogen and oxygen atoms in total. The molecule has 0 bridgehead atoms. The summed E-state index contributed by atoms with van der Waals surface area (Å²) in [6.07, 6.45) is 0. The van der Waals surface area contributed by atoms with E-state index in [-0.39, 0.29) is 13.2 Å². The first-order valence-corrected chi connectivity index (χ1v) is 5.27. The van der Waals surface area contributed by atoms with Crippen molar-refractivity contribution in [1.82, 2.24) is 0 Å². The summed E-state index contributed by atoms with van der Waals surface area (Å²) in [6, 6.07) is 0. The molecule has 0 aliphatic carbocycles. The predicted octanol–water partition coefficient (Wildman–Crippen LogP) is -1.28. The Morgan fingerprint density at radius 3 is 1.44 bits per heavy atom. The van der Waals surface area contributed by atoms with Crippen LogP contribution in [0.3, 0.4) is 0 Å². The van der Waals surface area contributed by atoms with E-state index in [1.54, 1.807) is 13.8 Å². The molecule has 0 aliphatic heterocycles. The lowest BCUT2D eigenvalue weighted by Gasteiger charge is -2.11.